The lowest BCUT2D eigenvalue weighted by molar-refractivity contribution is -0.188. The topological polar surface area (TPSA) is 188 Å². The van der Waals surface area contributed by atoms with E-state index in [1.165, 1.54) is 39.8 Å². The number of hydrogen-bond donors (Lipinski definition) is 2. The minimum atomic E-state index is -1.09. The van der Waals surface area contributed by atoms with Crippen molar-refractivity contribution in [2.75, 3.05) is 37.9 Å². The largest absolute Gasteiger partial charge is 0.425 e. The van der Waals surface area contributed by atoms with Crippen LogP contribution in [0.5, 0.6) is 0 Å². The Hall–Kier alpha value is -2.64. The highest BCUT2D eigenvalue weighted by molar-refractivity contribution is 8.01. The first-order valence-electron chi connectivity index (χ1n) is 14.7. The molecule has 0 radical (unpaired) electrons. The van der Waals surface area contributed by atoms with Gasteiger partial charge in [0.05, 0.1) is 18.7 Å². The molecule has 0 spiro atoms. The molecule has 4 heterocycles. The first-order chi connectivity index (χ1) is 21.6. The molecule has 0 aliphatic carbocycles. The summed E-state index contributed by atoms with van der Waals surface area (Å²) < 4.78 is 12.9. The summed E-state index contributed by atoms with van der Waals surface area (Å²) in [6.45, 7) is 5.17. The lowest BCUT2D eigenvalue weighted by Gasteiger charge is -2.49. The van der Waals surface area contributed by atoms with Gasteiger partial charge < -0.3 is 25.4 Å². The minimum absolute atomic E-state index is 0. The number of esters is 2. The number of anilines is 1. The van der Waals surface area contributed by atoms with Crippen LogP contribution in [0.15, 0.2) is 21.8 Å². The number of nitrogens with zero attached hydrogens (tertiary/aromatic N) is 7. The van der Waals surface area contributed by atoms with Crippen LogP contribution in [0.2, 0.25) is 0 Å². The van der Waals surface area contributed by atoms with Crippen molar-refractivity contribution in [1.82, 2.24) is 40.3 Å². The lowest BCUT2D eigenvalue weighted by atomic mass is 10.0. The van der Waals surface area contributed by atoms with Crippen molar-refractivity contribution in [3.05, 3.63) is 22.3 Å². The summed E-state index contributed by atoms with van der Waals surface area (Å²) in [5.74, 6) is -1.31. The number of aromatic nitrogens is 5. The molecule has 1 fully saturated rings. The van der Waals surface area contributed by atoms with Gasteiger partial charge in [-0.1, -0.05) is 32.0 Å². The molecule has 2 amide bonds. The number of halogens is 2. The van der Waals surface area contributed by atoms with Gasteiger partial charge in [0, 0.05) is 36.3 Å². The second kappa shape index (κ2) is 19.4. The summed E-state index contributed by atoms with van der Waals surface area (Å²) in [6, 6.07) is -0.827. The Labute approximate surface area is 298 Å². The smallest absolute Gasteiger partial charge is 0.358 e. The molecule has 15 nitrogen and oxygen atoms in total. The fourth-order valence-corrected chi connectivity index (χ4v) is 7.49. The van der Waals surface area contributed by atoms with Gasteiger partial charge in [0.1, 0.15) is 17.1 Å². The molecule has 1 unspecified atom stereocenters. The molecule has 47 heavy (non-hydrogen) atoms. The van der Waals surface area contributed by atoms with Crippen LogP contribution < -0.4 is 11.1 Å². The number of carbonyl (C=O) groups is 4. The van der Waals surface area contributed by atoms with Crippen LogP contribution in [-0.2, 0) is 41.6 Å². The van der Waals surface area contributed by atoms with Crippen molar-refractivity contribution in [2.24, 2.45) is 0 Å². The first kappa shape index (κ1) is 40.5. The summed E-state index contributed by atoms with van der Waals surface area (Å²) in [5, 5.41) is 16.9. The van der Waals surface area contributed by atoms with E-state index in [9.17, 15) is 19.2 Å². The second-order valence-corrected chi connectivity index (χ2v) is 13.7. The number of amides is 2. The Bertz CT molecular complexity index is 1410. The number of nitrogens with two attached hydrogens (primary N) is 1. The molecule has 2 aliphatic heterocycles. The number of β-lactam (4-membered cyclic amide) rings is 1. The van der Waals surface area contributed by atoms with Crippen LogP contribution >= 0.6 is 59.7 Å². The maximum Gasteiger partial charge on any atom is 0.358 e. The highest BCUT2D eigenvalue weighted by atomic mass is 35.5. The third-order valence-electron chi connectivity index (χ3n) is 6.86. The molecule has 0 bridgehead atoms. The van der Waals surface area contributed by atoms with Crippen LogP contribution in [-0.4, -0.2) is 109 Å². The van der Waals surface area contributed by atoms with Crippen LogP contribution in [0.1, 0.15) is 51.6 Å². The molecule has 3 atom stereocenters. The van der Waals surface area contributed by atoms with E-state index in [0.717, 1.165) is 13.0 Å². The molecular formula is C27H41Cl2N9O6S3. The molecule has 0 saturated carbocycles. The Morgan fingerprint density at radius 2 is 1.98 bits per heavy atom. The Morgan fingerprint density at radius 3 is 2.64 bits per heavy atom. The van der Waals surface area contributed by atoms with Crippen LogP contribution in [0.4, 0.5) is 5.13 Å². The zero-order valence-corrected chi connectivity index (χ0v) is 30.7. The van der Waals surface area contributed by atoms with E-state index in [-0.39, 0.29) is 49.3 Å². The van der Waals surface area contributed by atoms with Crippen molar-refractivity contribution in [2.45, 2.75) is 81.8 Å². The van der Waals surface area contributed by atoms with Gasteiger partial charge in [-0.3, -0.25) is 19.3 Å². The fourth-order valence-electron chi connectivity index (χ4n) is 4.54. The minimum Gasteiger partial charge on any atom is -0.425 e. The number of rotatable bonds is 17. The zero-order chi connectivity index (χ0) is 32.5. The number of ether oxygens (including phenoxy) is 2. The third-order valence-corrected chi connectivity index (χ3v) is 9.97. The van der Waals surface area contributed by atoms with Crippen LogP contribution in [0.3, 0.4) is 0 Å². The third kappa shape index (κ3) is 10.9. The van der Waals surface area contributed by atoms with E-state index in [0.29, 0.717) is 58.9 Å². The number of thioether (sulfide) groups is 2. The van der Waals surface area contributed by atoms with E-state index in [4.69, 9.17) is 15.2 Å². The second-order valence-electron chi connectivity index (χ2n) is 10.8. The van der Waals surface area contributed by atoms with Gasteiger partial charge >= 0.3 is 11.9 Å². The Kier molecular flexibility index (Phi) is 16.7. The van der Waals surface area contributed by atoms with E-state index in [2.05, 4.69) is 25.8 Å². The van der Waals surface area contributed by atoms with Gasteiger partial charge in [0.25, 0.3) is 5.91 Å². The van der Waals surface area contributed by atoms with E-state index in [1.54, 1.807) is 10.1 Å². The molecule has 3 N–H and O–H groups in total. The van der Waals surface area contributed by atoms with Crippen molar-refractivity contribution >= 4 is 88.6 Å². The van der Waals surface area contributed by atoms with E-state index in [1.807, 2.05) is 32.8 Å². The molecule has 262 valence electrons. The number of thiazole rings is 1. The molecule has 1 saturated heterocycles. The van der Waals surface area contributed by atoms with Gasteiger partial charge in [0.2, 0.25) is 17.4 Å². The predicted octanol–water partition coefficient (Wildman–Crippen LogP) is 2.51. The van der Waals surface area contributed by atoms with Crippen LogP contribution in [0, 0.1) is 0 Å². The predicted molar refractivity (Wildman–Crippen MR) is 184 cm³/mol. The number of tetrazole rings is 1. The average molecular weight is 755 g/mol. The van der Waals surface area contributed by atoms with Crippen LogP contribution in [0.25, 0.3) is 0 Å². The number of hydrogen-bond acceptors (Lipinski definition) is 15. The monoisotopic (exact) mass is 753 g/mol. The maximum atomic E-state index is 13.8. The summed E-state index contributed by atoms with van der Waals surface area (Å²) in [7, 11) is 3.91. The number of nitrogen functional groups attached to an aromatic ring is 1. The van der Waals surface area contributed by atoms with Crippen molar-refractivity contribution in [3.8, 4) is 0 Å². The summed E-state index contributed by atoms with van der Waals surface area (Å²) in [4.78, 5) is 59.8. The number of fused-ring (bicyclic) bond motifs is 1. The number of unbranched alkanes of at least 4 members (excludes halogenated alkanes) is 1. The zero-order valence-electron chi connectivity index (χ0n) is 26.6. The molecule has 20 heteroatoms. The summed E-state index contributed by atoms with van der Waals surface area (Å²) >= 11 is 4.02. The normalized spacial score (nSPS) is 17.6. The molecule has 2 aromatic rings. The SMILES string of the molecule is CCCCC(=O)OC(CCC)OC(=O)C1=C(CSc2nnnn2CCN(C)C)CS[C@@H]2[C@H](NC(=O)Cc3csc(N)n3)C(=O)N12.Cl.Cl. The molecule has 2 aliphatic rings. The Balaban J connectivity index is 0.00000384. The summed E-state index contributed by atoms with van der Waals surface area (Å²) in [5.41, 5.74) is 6.93. The molecule has 4 rings (SSSR count). The number of nitrogens with one attached hydrogen (secondary N) is 1. The average Bonchev–Trinajstić information content (AvgIpc) is 3.63. The molecule has 2 aromatic heterocycles. The van der Waals surface area contributed by atoms with Crippen molar-refractivity contribution < 1.29 is 28.7 Å². The van der Waals surface area contributed by atoms with Gasteiger partial charge in [0.15, 0.2) is 5.13 Å². The van der Waals surface area contributed by atoms with Gasteiger partial charge in [-0.05, 0) is 42.9 Å². The Morgan fingerprint density at radius 1 is 1.21 bits per heavy atom. The highest BCUT2D eigenvalue weighted by Gasteiger charge is 2.54. The molecule has 0 aromatic carbocycles. The van der Waals surface area contributed by atoms with E-state index >= 15 is 0 Å². The van der Waals surface area contributed by atoms with Gasteiger partial charge in [-0.15, -0.1) is 53.0 Å². The maximum absolute atomic E-state index is 13.8. The lowest BCUT2D eigenvalue weighted by Crippen LogP contribution is -2.70. The first-order valence-corrected chi connectivity index (χ1v) is 17.6. The quantitative estimate of drug-likeness (QED) is 0.104. The van der Waals surface area contributed by atoms with E-state index < -0.39 is 35.6 Å². The van der Waals surface area contributed by atoms with Crippen molar-refractivity contribution in [1.29, 1.82) is 0 Å². The van der Waals surface area contributed by atoms with Crippen molar-refractivity contribution in [3.63, 3.8) is 0 Å². The number of carbonyl (C=O) groups excluding carboxylic acids is 4. The fraction of sp³-hybridized carbons (Fsp3) is 0.630. The highest BCUT2D eigenvalue weighted by Crippen LogP contribution is 2.42. The summed E-state index contributed by atoms with van der Waals surface area (Å²) in [6.07, 6.45) is 1.52. The number of likely N-dealkylation sites (N-methyl/N-ethyl adjacent to an activating group) is 1. The van der Waals surface area contributed by atoms with Gasteiger partial charge in [-0.2, -0.15) is 0 Å². The molecular weight excluding hydrogens is 713 g/mol. The van der Waals surface area contributed by atoms with Gasteiger partial charge in [-0.25, -0.2) is 14.5 Å². The standard InChI is InChI=1S/C27H39N9O6S3.2ClH/c1-5-7-9-19(38)41-20(8-6-2)42-25(40)22-16(14-45-27-31-32-33-35(27)11-10-34(3)4)13-43-24-21(23(39)36(22)24)30-18(37)12-17-15-44-26(28)29-17;;/h15,20-21,24H,5-14H2,1-4H3,(H2,28,29)(H,30,37);2*1H/t20?,21-,24-;;/m1../s1.